The highest BCUT2D eigenvalue weighted by atomic mass is 16.5. The minimum absolute atomic E-state index is 0.00562. The van der Waals surface area contributed by atoms with Crippen molar-refractivity contribution in [3.05, 3.63) is 54.1 Å². The van der Waals surface area contributed by atoms with E-state index in [9.17, 15) is 4.79 Å². The second-order valence-corrected chi connectivity index (χ2v) is 11.3. The van der Waals surface area contributed by atoms with Gasteiger partial charge in [0.05, 0.1) is 25.9 Å². The summed E-state index contributed by atoms with van der Waals surface area (Å²) in [6.45, 7) is 13.9. The van der Waals surface area contributed by atoms with E-state index in [2.05, 4.69) is 58.6 Å². The zero-order valence-electron chi connectivity index (χ0n) is 21.1. The number of ether oxygens (including phenoxy) is 3. The lowest BCUT2D eigenvalue weighted by Crippen LogP contribution is -2.46. The Balaban J connectivity index is 1.73. The number of Topliss-reactive ketones (excluding diaryl/α,β-unsaturated/α-hetero) is 1. The highest BCUT2D eigenvalue weighted by Gasteiger charge is 2.57. The van der Waals surface area contributed by atoms with Crippen molar-refractivity contribution in [1.82, 2.24) is 0 Å². The quantitative estimate of drug-likeness (QED) is 0.406. The maximum absolute atomic E-state index is 13.3. The standard InChI is InChI=1S/C29H40O4/c1-18-14-22-23(15-19(2)26(22)32-7)27(33-17-20-8-10-21(31-6)11-9-20)29(5)13-12-28(3,4)25(29)16-24(18)30/h8-13,19,22-23,25-27H,1,14-17H2,2-7H3/t19-,22+,23+,25+,26+,27+,29-/m1/s1. The Bertz CT molecular complexity index is 914. The predicted molar refractivity (Wildman–Crippen MR) is 131 cm³/mol. The fraction of sp³-hybridized carbons (Fsp3) is 0.621. The van der Waals surface area contributed by atoms with E-state index in [0.717, 1.165) is 23.3 Å². The molecule has 0 aromatic heterocycles. The molecule has 4 heteroatoms. The summed E-state index contributed by atoms with van der Waals surface area (Å²) in [5.74, 6) is 2.17. The fourth-order valence-electron chi connectivity index (χ4n) is 7.03. The maximum Gasteiger partial charge on any atom is 0.158 e. The van der Waals surface area contributed by atoms with Crippen LogP contribution in [0.4, 0.5) is 0 Å². The molecule has 3 aliphatic rings. The summed E-state index contributed by atoms with van der Waals surface area (Å²) in [6.07, 6.45) is 7.01. The number of hydrogen-bond donors (Lipinski definition) is 0. The smallest absolute Gasteiger partial charge is 0.158 e. The molecule has 0 N–H and O–H groups in total. The van der Waals surface area contributed by atoms with E-state index in [0.29, 0.717) is 31.3 Å². The van der Waals surface area contributed by atoms with Crippen molar-refractivity contribution >= 4 is 5.78 Å². The van der Waals surface area contributed by atoms with Crippen molar-refractivity contribution in [2.75, 3.05) is 14.2 Å². The third-order valence-electron chi connectivity index (χ3n) is 8.83. The van der Waals surface area contributed by atoms with Gasteiger partial charge in [-0.3, -0.25) is 4.79 Å². The number of methoxy groups -OCH3 is 2. The van der Waals surface area contributed by atoms with Crippen LogP contribution in [-0.4, -0.2) is 32.2 Å². The highest BCUT2D eigenvalue weighted by molar-refractivity contribution is 5.95. The van der Waals surface area contributed by atoms with Crippen LogP contribution in [0.25, 0.3) is 0 Å². The first-order valence-electron chi connectivity index (χ1n) is 12.3. The Morgan fingerprint density at radius 2 is 1.73 bits per heavy atom. The first-order chi connectivity index (χ1) is 15.6. The van der Waals surface area contributed by atoms with Crippen LogP contribution in [0.1, 0.15) is 52.5 Å². The van der Waals surface area contributed by atoms with Gasteiger partial charge in [-0.25, -0.2) is 0 Å². The van der Waals surface area contributed by atoms with Crippen LogP contribution in [0, 0.1) is 34.5 Å². The molecule has 1 aromatic rings. The van der Waals surface area contributed by atoms with Gasteiger partial charge >= 0.3 is 0 Å². The Morgan fingerprint density at radius 1 is 1.03 bits per heavy atom. The van der Waals surface area contributed by atoms with Crippen LogP contribution in [0.3, 0.4) is 0 Å². The maximum atomic E-state index is 13.3. The highest BCUT2D eigenvalue weighted by Crippen LogP contribution is 2.59. The van der Waals surface area contributed by atoms with Crippen molar-refractivity contribution in [3.8, 4) is 5.75 Å². The normalized spacial score (nSPS) is 37.8. The largest absolute Gasteiger partial charge is 0.497 e. The summed E-state index contributed by atoms with van der Waals surface area (Å²) < 4.78 is 18.2. The number of rotatable bonds is 5. The van der Waals surface area contributed by atoms with E-state index >= 15 is 0 Å². The zero-order chi connectivity index (χ0) is 24.0. The molecular formula is C29H40O4. The number of ketones is 1. The molecule has 1 aromatic carbocycles. The van der Waals surface area contributed by atoms with Gasteiger partial charge in [0.2, 0.25) is 0 Å². The van der Waals surface area contributed by atoms with Crippen LogP contribution < -0.4 is 4.74 Å². The van der Waals surface area contributed by atoms with Gasteiger partial charge < -0.3 is 14.2 Å². The molecule has 4 rings (SSSR count). The van der Waals surface area contributed by atoms with Crippen molar-refractivity contribution in [3.63, 3.8) is 0 Å². The minimum atomic E-state index is -0.235. The second-order valence-electron chi connectivity index (χ2n) is 11.3. The van der Waals surface area contributed by atoms with E-state index in [-0.39, 0.29) is 40.7 Å². The van der Waals surface area contributed by atoms with Crippen molar-refractivity contribution in [2.45, 2.75) is 65.8 Å². The van der Waals surface area contributed by atoms with Crippen LogP contribution in [0.5, 0.6) is 5.75 Å². The summed E-state index contributed by atoms with van der Waals surface area (Å²) in [6, 6.07) is 8.10. The Hall–Kier alpha value is -1.91. The Labute approximate surface area is 199 Å². The van der Waals surface area contributed by atoms with Crippen LogP contribution in [0.15, 0.2) is 48.6 Å². The lowest BCUT2D eigenvalue weighted by atomic mass is 9.62. The average molecular weight is 453 g/mol. The summed E-state index contributed by atoms with van der Waals surface area (Å²) in [5.41, 5.74) is 1.57. The number of allylic oxidation sites excluding steroid dienone is 2. The molecule has 2 saturated carbocycles. The molecule has 2 fully saturated rings. The SMILES string of the molecule is C=C1C[C@H]2[C@H](C[C@@H](C)[C@@H]2OC)[C@H](OCc2ccc(OC)cc2)[C@]2(C)C=CC(C)(C)[C@@H]2CC1=O. The Morgan fingerprint density at radius 3 is 2.36 bits per heavy atom. The molecule has 33 heavy (non-hydrogen) atoms. The zero-order valence-corrected chi connectivity index (χ0v) is 21.1. The van der Waals surface area contributed by atoms with E-state index in [1.165, 1.54) is 0 Å². The van der Waals surface area contributed by atoms with Gasteiger partial charge in [-0.2, -0.15) is 0 Å². The molecule has 0 bridgehead atoms. The molecule has 0 saturated heterocycles. The van der Waals surface area contributed by atoms with Crippen LogP contribution in [-0.2, 0) is 20.9 Å². The minimum Gasteiger partial charge on any atom is -0.497 e. The van der Waals surface area contributed by atoms with Gasteiger partial charge in [0, 0.05) is 18.9 Å². The van der Waals surface area contributed by atoms with Crippen LogP contribution in [0.2, 0.25) is 0 Å². The molecule has 4 nitrogen and oxygen atoms in total. The van der Waals surface area contributed by atoms with E-state index in [1.54, 1.807) is 14.2 Å². The number of carbonyl (C=O) groups is 1. The lowest BCUT2D eigenvalue weighted by Gasteiger charge is -2.45. The van der Waals surface area contributed by atoms with E-state index in [1.807, 2.05) is 12.1 Å². The van der Waals surface area contributed by atoms with Gasteiger partial charge in [0.1, 0.15) is 5.75 Å². The molecule has 0 aliphatic heterocycles. The molecule has 0 unspecified atom stereocenters. The Kier molecular flexibility index (Phi) is 6.63. The molecule has 3 aliphatic carbocycles. The summed E-state index contributed by atoms with van der Waals surface area (Å²) in [5, 5.41) is 0. The lowest BCUT2D eigenvalue weighted by molar-refractivity contribution is -0.122. The number of fused-ring (bicyclic) bond motifs is 2. The summed E-state index contributed by atoms with van der Waals surface area (Å²) in [7, 11) is 3.48. The molecule has 0 heterocycles. The first-order valence-corrected chi connectivity index (χ1v) is 12.3. The number of carbonyl (C=O) groups excluding carboxylic acids is 1. The van der Waals surface area contributed by atoms with Gasteiger partial charge in [0.15, 0.2) is 5.78 Å². The molecule has 0 radical (unpaired) electrons. The summed E-state index contributed by atoms with van der Waals surface area (Å²) >= 11 is 0. The predicted octanol–water partition coefficient (Wildman–Crippen LogP) is 6.01. The van der Waals surface area contributed by atoms with E-state index in [4.69, 9.17) is 14.2 Å². The van der Waals surface area contributed by atoms with Crippen molar-refractivity contribution in [1.29, 1.82) is 0 Å². The molecule has 0 spiro atoms. The van der Waals surface area contributed by atoms with Crippen molar-refractivity contribution < 1.29 is 19.0 Å². The third-order valence-corrected chi connectivity index (χ3v) is 8.83. The molecule has 7 atom stereocenters. The number of hydrogen-bond acceptors (Lipinski definition) is 4. The van der Waals surface area contributed by atoms with E-state index < -0.39 is 0 Å². The topological polar surface area (TPSA) is 44.8 Å². The molecular weight excluding hydrogens is 412 g/mol. The first kappa shape index (κ1) is 24.2. The van der Waals surface area contributed by atoms with Gasteiger partial charge in [0.25, 0.3) is 0 Å². The number of benzene rings is 1. The monoisotopic (exact) mass is 452 g/mol. The second kappa shape index (κ2) is 9.03. The average Bonchev–Trinajstić information content (AvgIpc) is 3.22. The third kappa shape index (κ3) is 4.33. The summed E-state index contributed by atoms with van der Waals surface area (Å²) in [4.78, 5) is 13.3. The fourth-order valence-corrected chi connectivity index (χ4v) is 7.03. The molecule has 180 valence electrons. The van der Waals surface area contributed by atoms with Gasteiger partial charge in [-0.05, 0) is 65.2 Å². The van der Waals surface area contributed by atoms with Gasteiger partial charge in [-0.15, -0.1) is 0 Å². The van der Waals surface area contributed by atoms with Crippen LogP contribution >= 0.6 is 0 Å². The molecule has 0 amide bonds. The van der Waals surface area contributed by atoms with Crippen molar-refractivity contribution in [2.24, 2.45) is 34.5 Å². The van der Waals surface area contributed by atoms with Gasteiger partial charge in [-0.1, -0.05) is 58.6 Å².